The van der Waals surface area contributed by atoms with Gasteiger partial charge >= 0.3 is 5.97 Å². The number of hydrogen-bond donors (Lipinski definition) is 1. The fraction of sp³-hybridized carbons (Fsp3) is 0.125. The number of ether oxygens (including phenoxy) is 3. The quantitative estimate of drug-likeness (QED) is 0.454. The highest BCUT2D eigenvalue weighted by Crippen LogP contribution is 2.39. The molecule has 5 heteroatoms. The first-order valence-corrected chi connectivity index (χ1v) is 8.98. The first-order chi connectivity index (χ1) is 14.1. The first kappa shape index (κ1) is 20.0. The summed E-state index contributed by atoms with van der Waals surface area (Å²) in [6.45, 7) is 0. The van der Waals surface area contributed by atoms with Gasteiger partial charge < -0.3 is 19.3 Å². The average molecular weight is 390 g/mol. The molecule has 0 aromatic heterocycles. The summed E-state index contributed by atoms with van der Waals surface area (Å²) in [5.74, 6) is 0.354. The van der Waals surface area contributed by atoms with Gasteiger partial charge in [0.05, 0.1) is 26.9 Å². The molecule has 0 spiro atoms. The molecule has 0 saturated carbocycles. The highest BCUT2D eigenvalue weighted by Gasteiger charge is 2.15. The number of carboxylic acids is 1. The van der Waals surface area contributed by atoms with Crippen LogP contribution in [0.3, 0.4) is 0 Å². The number of methoxy groups -OCH3 is 3. The third-order valence-corrected chi connectivity index (χ3v) is 4.53. The monoisotopic (exact) mass is 390 g/mol. The minimum Gasteiger partial charge on any atom is -0.493 e. The van der Waals surface area contributed by atoms with Crippen LogP contribution in [0.15, 0.2) is 66.7 Å². The molecule has 3 aromatic rings. The average Bonchev–Trinajstić information content (AvgIpc) is 2.77. The molecule has 0 heterocycles. The highest BCUT2D eigenvalue weighted by molar-refractivity contribution is 6.20. The summed E-state index contributed by atoms with van der Waals surface area (Å²) in [6.07, 6.45) is 1.59. The van der Waals surface area contributed by atoms with Crippen LogP contribution in [0.25, 0.3) is 22.8 Å². The Hall–Kier alpha value is -3.73. The van der Waals surface area contributed by atoms with Crippen molar-refractivity contribution < 1.29 is 24.1 Å². The molecule has 0 aliphatic heterocycles. The maximum Gasteiger partial charge on any atom is 0.336 e. The Morgan fingerprint density at radius 2 is 1.34 bits per heavy atom. The van der Waals surface area contributed by atoms with E-state index in [9.17, 15) is 9.90 Å². The van der Waals surface area contributed by atoms with Gasteiger partial charge in [-0.1, -0.05) is 54.6 Å². The summed E-state index contributed by atoms with van der Waals surface area (Å²) in [4.78, 5) is 11.9. The van der Waals surface area contributed by atoms with Crippen LogP contribution in [0.4, 0.5) is 0 Å². The van der Waals surface area contributed by atoms with Crippen LogP contribution < -0.4 is 14.2 Å². The fourth-order valence-corrected chi connectivity index (χ4v) is 3.09. The topological polar surface area (TPSA) is 65.0 Å². The standard InChI is InChI=1S/C24H22O5/c1-27-21-14-16(15-22(28-2)23(21)29-3)13-20(24(25)26)19-11-9-18(10-12-19)17-7-5-4-6-8-17/h4-15H,1-3H3,(H,25,26)/b20-13+. The number of carbonyl (C=O) groups is 1. The zero-order chi connectivity index (χ0) is 20.8. The predicted molar refractivity (Wildman–Crippen MR) is 113 cm³/mol. The van der Waals surface area contributed by atoms with Gasteiger partial charge in [-0.2, -0.15) is 0 Å². The smallest absolute Gasteiger partial charge is 0.336 e. The second kappa shape index (κ2) is 8.97. The molecule has 0 saturated heterocycles. The lowest BCUT2D eigenvalue weighted by atomic mass is 9.98. The summed E-state index contributed by atoms with van der Waals surface area (Å²) in [5, 5.41) is 9.77. The van der Waals surface area contributed by atoms with Crippen molar-refractivity contribution in [2.45, 2.75) is 0 Å². The van der Waals surface area contributed by atoms with Gasteiger partial charge in [-0.25, -0.2) is 4.79 Å². The van der Waals surface area contributed by atoms with Crippen LogP contribution in [-0.4, -0.2) is 32.4 Å². The molecule has 0 bridgehead atoms. The van der Waals surface area contributed by atoms with Gasteiger partial charge in [-0.15, -0.1) is 0 Å². The Kier molecular flexibility index (Phi) is 6.19. The van der Waals surface area contributed by atoms with Crippen molar-refractivity contribution in [1.29, 1.82) is 0 Å². The SMILES string of the molecule is COc1cc(/C=C(/C(=O)O)c2ccc(-c3ccccc3)cc2)cc(OC)c1OC. The molecule has 0 radical (unpaired) electrons. The maximum atomic E-state index is 11.9. The summed E-state index contributed by atoms with van der Waals surface area (Å²) in [6, 6.07) is 20.8. The zero-order valence-electron chi connectivity index (χ0n) is 16.5. The van der Waals surface area contributed by atoms with E-state index in [-0.39, 0.29) is 5.57 Å². The summed E-state index contributed by atoms with van der Waals surface area (Å²) in [7, 11) is 4.56. The lowest BCUT2D eigenvalue weighted by Crippen LogP contribution is -2.00. The van der Waals surface area contributed by atoms with Crippen LogP contribution in [0.5, 0.6) is 17.2 Å². The molecule has 0 aliphatic rings. The van der Waals surface area contributed by atoms with E-state index in [0.717, 1.165) is 11.1 Å². The van der Waals surface area contributed by atoms with Crippen molar-refractivity contribution >= 4 is 17.6 Å². The molecule has 0 atom stereocenters. The van der Waals surface area contributed by atoms with E-state index in [2.05, 4.69) is 0 Å². The van der Waals surface area contributed by atoms with Gasteiger partial charge in [0.1, 0.15) is 0 Å². The minimum atomic E-state index is -1.02. The Bertz CT molecular complexity index is 996. The first-order valence-electron chi connectivity index (χ1n) is 8.98. The second-order valence-corrected chi connectivity index (χ2v) is 6.27. The van der Waals surface area contributed by atoms with Crippen molar-refractivity contribution in [3.05, 3.63) is 77.9 Å². The Labute approximate surface area is 169 Å². The van der Waals surface area contributed by atoms with E-state index in [4.69, 9.17) is 14.2 Å². The summed E-state index contributed by atoms with van der Waals surface area (Å²) in [5.41, 5.74) is 3.49. The third-order valence-electron chi connectivity index (χ3n) is 4.53. The molecule has 0 amide bonds. The molecule has 3 rings (SSSR count). The van der Waals surface area contributed by atoms with Crippen LogP contribution in [0.2, 0.25) is 0 Å². The van der Waals surface area contributed by atoms with Crippen molar-refractivity contribution in [1.82, 2.24) is 0 Å². The molecular weight excluding hydrogens is 368 g/mol. The van der Waals surface area contributed by atoms with E-state index < -0.39 is 5.97 Å². The summed E-state index contributed by atoms with van der Waals surface area (Å²) >= 11 is 0. The molecular formula is C24H22O5. The Morgan fingerprint density at radius 3 is 1.83 bits per heavy atom. The van der Waals surface area contributed by atoms with Crippen LogP contribution in [0.1, 0.15) is 11.1 Å². The number of rotatable bonds is 7. The number of aliphatic carboxylic acids is 1. The lowest BCUT2D eigenvalue weighted by Gasteiger charge is -2.13. The normalized spacial score (nSPS) is 11.1. The van der Waals surface area contributed by atoms with Gasteiger partial charge in [-0.3, -0.25) is 0 Å². The predicted octanol–water partition coefficient (Wildman–Crippen LogP) is 5.00. The van der Waals surface area contributed by atoms with Gasteiger partial charge in [0.15, 0.2) is 11.5 Å². The number of benzene rings is 3. The van der Waals surface area contributed by atoms with Crippen LogP contribution in [0, 0.1) is 0 Å². The molecule has 29 heavy (non-hydrogen) atoms. The Balaban J connectivity index is 2.02. The number of carboxylic acid groups (broad SMARTS) is 1. The minimum absolute atomic E-state index is 0.166. The zero-order valence-corrected chi connectivity index (χ0v) is 16.5. The molecule has 148 valence electrons. The molecule has 1 N–H and O–H groups in total. The lowest BCUT2D eigenvalue weighted by molar-refractivity contribution is -0.130. The van der Waals surface area contributed by atoms with Crippen molar-refractivity contribution in [2.24, 2.45) is 0 Å². The molecule has 0 aliphatic carbocycles. The van der Waals surface area contributed by atoms with E-state index in [1.54, 1.807) is 30.3 Å². The fourth-order valence-electron chi connectivity index (χ4n) is 3.09. The highest BCUT2D eigenvalue weighted by atomic mass is 16.5. The van der Waals surface area contributed by atoms with Gasteiger partial charge in [0.25, 0.3) is 0 Å². The molecule has 5 nitrogen and oxygen atoms in total. The second-order valence-electron chi connectivity index (χ2n) is 6.27. The van der Waals surface area contributed by atoms with Crippen LogP contribution >= 0.6 is 0 Å². The van der Waals surface area contributed by atoms with Gasteiger partial charge in [0, 0.05) is 0 Å². The third kappa shape index (κ3) is 4.41. The largest absolute Gasteiger partial charge is 0.493 e. The van der Waals surface area contributed by atoms with Crippen molar-refractivity contribution in [2.75, 3.05) is 21.3 Å². The van der Waals surface area contributed by atoms with Crippen LogP contribution in [-0.2, 0) is 4.79 Å². The van der Waals surface area contributed by atoms with E-state index in [0.29, 0.717) is 28.4 Å². The molecule has 3 aromatic carbocycles. The van der Waals surface area contributed by atoms with E-state index in [1.807, 2.05) is 42.5 Å². The molecule has 0 unspecified atom stereocenters. The van der Waals surface area contributed by atoms with E-state index in [1.165, 1.54) is 21.3 Å². The van der Waals surface area contributed by atoms with Crippen molar-refractivity contribution in [3.8, 4) is 28.4 Å². The number of hydrogen-bond acceptors (Lipinski definition) is 4. The Morgan fingerprint density at radius 1 is 0.793 bits per heavy atom. The summed E-state index contributed by atoms with van der Waals surface area (Å²) < 4.78 is 16.0. The van der Waals surface area contributed by atoms with E-state index >= 15 is 0 Å². The van der Waals surface area contributed by atoms with Crippen molar-refractivity contribution in [3.63, 3.8) is 0 Å². The van der Waals surface area contributed by atoms with Gasteiger partial charge in [-0.05, 0) is 40.5 Å². The van der Waals surface area contributed by atoms with Gasteiger partial charge in [0.2, 0.25) is 5.75 Å². The molecule has 0 fully saturated rings. The maximum absolute atomic E-state index is 11.9.